The van der Waals surface area contributed by atoms with Crippen molar-refractivity contribution in [3.8, 4) is 5.75 Å². The minimum atomic E-state index is -0.551. The summed E-state index contributed by atoms with van der Waals surface area (Å²) < 4.78 is 5.40. The summed E-state index contributed by atoms with van der Waals surface area (Å²) in [4.78, 5) is 24.3. The lowest BCUT2D eigenvalue weighted by molar-refractivity contribution is -0.385. The highest BCUT2D eigenvalue weighted by atomic mass is 35.5. The van der Waals surface area contributed by atoms with Crippen LogP contribution < -0.4 is 10.1 Å². The molecule has 0 unspecified atom stereocenters. The number of amides is 1. The number of carbonyl (C=O) groups excluding carboxylic acids is 1. The van der Waals surface area contributed by atoms with Crippen LogP contribution in [0.1, 0.15) is 19.3 Å². The molecule has 2 rings (SSSR count). The van der Waals surface area contributed by atoms with Gasteiger partial charge in [-0.2, -0.15) is 0 Å². The summed E-state index contributed by atoms with van der Waals surface area (Å²) in [5, 5.41) is 14.5. The summed E-state index contributed by atoms with van der Waals surface area (Å²) in [6.07, 6.45) is 2.05. The predicted octanol–water partition coefficient (Wildman–Crippen LogP) is 2.23. The van der Waals surface area contributed by atoms with Crippen LogP contribution in [0.2, 0.25) is 5.02 Å². The standard InChI is InChI=1S/C15H20ClN3O4/c1-18(12-4-7-17-8-5-12)15(20)6-9-23-14-3-2-11(16)10-13(14)19(21)22/h2-3,10,12,17H,4-9H2,1H3. The number of nitrogens with zero attached hydrogens (tertiary/aromatic N) is 2. The smallest absolute Gasteiger partial charge is 0.312 e. The van der Waals surface area contributed by atoms with E-state index in [-0.39, 0.29) is 41.4 Å². The number of nitro groups is 1. The van der Waals surface area contributed by atoms with Gasteiger partial charge in [0, 0.05) is 24.2 Å². The number of benzene rings is 1. The molecule has 7 nitrogen and oxygen atoms in total. The maximum atomic E-state index is 12.2. The molecule has 1 saturated heterocycles. The molecular weight excluding hydrogens is 322 g/mol. The lowest BCUT2D eigenvalue weighted by Crippen LogP contribution is -2.44. The van der Waals surface area contributed by atoms with Crippen LogP contribution in [0.3, 0.4) is 0 Å². The average Bonchev–Trinajstić information content (AvgIpc) is 2.56. The molecule has 0 atom stereocenters. The minimum absolute atomic E-state index is 0.0199. The van der Waals surface area contributed by atoms with Crippen molar-refractivity contribution in [2.75, 3.05) is 26.7 Å². The second-order valence-electron chi connectivity index (χ2n) is 5.45. The monoisotopic (exact) mass is 341 g/mol. The fourth-order valence-electron chi connectivity index (χ4n) is 2.58. The number of hydrogen-bond acceptors (Lipinski definition) is 5. The van der Waals surface area contributed by atoms with Crippen LogP contribution in [0.4, 0.5) is 5.69 Å². The van der Waals surface area contributed by atoms with E-state index in [1.807, 2.05) is 0 Å². The number of nitro benzene ring substituents is 1. The Morgan fingerprint density at radius 2 is 2.17 bits per heavy atom. The SMILES string of the molecule is CN(C(=O)CCOc1ccc(Cl)cc1[N+](=O)[O-])C1CCNCC1. The fourth-order valence-corrected chi connectivity index (χ4v) is 2.74. The van der Waals surface area contributed by atoms with E-state index in [0.29, 0.717) is 0 Å². The average molecular weight is 342 g/mol. The predicted molar refractivity (Wildman–Crippen MR) is 86.9 cm³/mol. The maximum Gasteiger partial charge on any atom is 0.312 e. The Balaban J connectivity index is 1.87. The number of hydrogen-bond donors (Lipinski definition) is 1. The highest BCUT2D eigenvalue weighted by molar-refractivity contribution is 6.30. The third-order valence-corrected chi connectivity index (χ3v) is 4.18. The van der Waals surface area contributed by atoms with Crippen molar-refractivity contribution in [1.82, 2.24) is 10.2 Å². The molecule has 0 radical (unpaired) electrons. The summed E-state index contributed by atoms with van der Waals surface area (Å²) >= 11 is 5.75. The molecule has 8 heteroatoms. The molecule has 23 heavy (non-hydrogen) atoms. The van der Waals surface area contributed by atoms with Gasteiger partial charge in [-0.1, -0.05) is 11.6 Å². The van der Waals surface area contributed by atoms with E-state index in [1.54, 1.807) is 11.9 Å². The number of carbonyl (C=O) groups is 1. The second-order valence-corrected chi connectivity index (χ2v) is 5.89. The molecule has 1 aliphatic rings. The molecule has 0 spiro atoms. The van der Waals surface area contributed by atoms with Crippen LogP contribution in [0, 0.1) is 10.1 Å². The number of nitrogens with one attached hydrogen (secondary N) is 1. The Hall–Kier alpha value is -1.86. The van der Waals surface area contributed by atoms with E-state index in [4.69, 9.17) is 16.3 Å². The molecule has 0 aromatic heterocycles. The first-order valence-corrected chi connectivity index (χ1v) is 7.90. The zero-order valence-electron chi connectivity index (χ0n) is 13.0. The normalized spacial score (nSPS) is 15.2. The van der Waals surface area contributed by atoms with Crippen LogP contribution in [0.25, 0.3) is 0 Å². The van der Waals surface area contributed by atoms with E-state index in [2.05, 4.69) is 5.32 Å². The Morgan fingerprint density at radius 1 is 1.48 bits per heavy atom. The van der Waals surface area contributed by atoms with Gasteiger partial charge in [0.1, 0.15) is 0 Å². The first kappa shape index (κ1) is 17.5. The molecule has 1 aliphatic heterocycles. The lowest BCUT2D eigenvalue weighted by Gasteiger charge is -2.31. The van der Waals surface area contributed by atoms with Gasteiger partial charge in [0.2, 0.25) is 5.91 Å². The summed E-state index contributed by atoms with van der Waals surface area (Å²) in [5.41, 5.74) is -0.198. The molecule has 1 heterocycles. The van der Waals surface area contributed by atoms with Gasteiger partial charge >= 0.3 is 5.69 Å². The number of halogens is 1. The van der Waals surface area contributed by atoms with E-state index in [9.17, 15) is 14.9 Å². The third kappa shape index (κ3) is 4.80. The number of rotatable bonds is 6. The summed E-state index contributed by atoms with van der Waals surface area (Å²) in [5.74, 6) is 0.102. The van der Waals surface area contributed by atoms with Crippen LogP contribution in [0.5, 0.6) is 5.75 Å². The van der Waals surface area contributed by atoms with Crippen molar-refractivity contribution in [1.29, 1.82) is 0 Å². The fraction of sp³-hybridized carbons (Fsp3) is 0.533. The Bertz CT molecular complexity index is 576. The van der Waals surface area contributed by atoms with Gasteiger partial charge in [0.05, 0.1) is 18.0 Å². The van der Waals surface area contributed by atoms with Crippen molar-refractivity contribution >= 4 is 23.2 Å². The molecule has 1 N–H and O–H groups in total. The molecule has 0 saturated carbocycles. The molecule has 0 bridgehead atoms. The van der Waals surface area contributed by atoms with E-state index >= 15 is 0 Å². The van der Waals surface area contributed by atoms with Crippen LogP contribution >= 0.6 is 11.6 Å². The van der Waals surface area contributed by atoms with Gasteiger partial charge < -0.3 is 15.0 Å². The number of piperidine rings is 1. The van der Waals surface area contributed by atoms with Gasteiger partial charge in [0.15, 0.2) is 5.75 Å². The first-order chi connectivity index (χ1) is 11.0. The number of ether oxygens (including phenoxy) is 1. The van der Waals surface area contributed by atoms with Crippen LogP contribution in [-0.4, -0.2) is 48.5 Å². The highest BCUT2D eigenvalue weighted by Crippen LogP contribution is 2.29. The lowest BCUT2D eigenvalue weighted by atomic mass is 10.1. The summed E-state index contributed by atoms with van der Waals surface area (Å²) in [6, 6.07) is 4.45. The van der Waals surface area contributed by atoms with Crippen molar-refractivity contribution in [2.45, 2.75) is 25.3 Å². The van der Waals surface area contributed by atoms with Crippen LogP contribution in [-0.2, 0) is 4.79 Å². The Labute approximate surface area is 139 Å². The van der Waals surface area contributed by atoms with Gasteiger partial charge in [-0.05, 0) is 38.1 Å². The molecule has 1 amide bonds. The third-order valence-electron chi connectivity index (χ3n) is 3.94. The van der Waals surface area contributed by atoms with Gasteiger partial charge in [-0.3, -0.25) is 14.9 Å². The van der Waals surface area contributed by atoms with Crippen molar-refractivity contribution in [3.63, 3.8) is 0 Å². The van der Waals surface area contributed by atoms with Crippen LogP contribution in [0.15, 0.2) is 18.2 Å². The molecule has 0 aliphatic carbocycles. The van der Waals surface area contributed by atoms with Crippen molar-refractivity contribution in [2.24, 2.45) is 0 Å². The quantitative estimate of drug-likeness (QED) is 0.633. The molecule has 1 aromatic rings. The molecule has 126 valence electrons. The maximum absolute atomic E-state index is 12.2. The highest BCUT2D eigenvalue weighted by Gasteiger charge is 2.22. The van der Waals surface area contributed by atoms with Gasteiger partial charge in [0.25, 0.3) is 0 Å². The zero-order chi connectivity index (χ0) is 16.8. The summed E-state index contributed by atoms with van der Waals surface area (Å²) in [7, 11) is 1.79. The van der Waals surface area contributed by atoms with E-state index < -0.39 is 4.92 Å². The molecular formula is C15H20ClN3O4. The van der Waals surface area contributed by atoms with E-state index in [0.717, 1.165) is 25.9 Å². The van der Waals surface area contributed by atoms with Gasteiger partial charge in [-0.15, -0.1) is 0 Å². The molecule has 1 fully saturated rings. The van der Waals surface area contributed by atoms with E-state index in [1.165, 1.54) is 18.2 Å². The second kappa shape index (κ2) is 8.12. The minimum Gasteiger partial charge on any atom is -0.486 e. The Kier molecular flexibility index (Phi) is 6.18. The first-order valence-electron chi connectivity index (χ1n) is 7.52. The topological polar surface area (TPSA) is 84.7 Å². The van der Waals surface area contributed by atoms with Gasteiger partial charge in [-0.25, -0.2) is 0 Å². The Morgan fingerprint density at radius 3 is 2.83 bits per heavy atom. The van der Waals surface area contributed by atoms with Crippen molar-refractivity contribution < 1.29 is 14.5 Å². The summed E-state index contributed by atoms with van der Waals surface area (Å²) in [6.45, 7) is 1.92. The zero-order valence-corrected chi connectivity index (χ0v) is 13.7. The molecule has 1 aromatic carbocycles. The largest absolute Gasteiger partial charge is 0.486 e. The van der Waals surface area contributed by atoms with Crippen molar-refractivity contribution in [3.05, 3.63) is 33.3 Å².